The molecule has 1 aliphatic heterocycles. The Hall–Kier alpha value is -2.21. The molecule has 1 N–H and O–H groups in total. The van der Waals surface area contributed by atoms with Crippen molar-refractivity contribution in [3.63, 3.8) is 0 Å². The molecule has 0 spiro atoms. The Balaban J connectivity index is 1.70. The standard InChI is InChI=1S/C22H25ClN2O3/c1-15(26)16-7-6-8-17(11-16)24-21(27)13-25-12-20(28-14-22(25,2)3)18-9-4-5-10-19(18)23/h4-11,20H,12-14H2,1-3H3,(H,24,27). The van der Waals surface area contributed by atoms with E-state index in [9.17, 15) is 9.59 Å². The molecule has 0 radical (unpaired) electrons. The maximum absolute atomic E-state index is 12.7. The minimum Gasteiger partial charge on any atom is -0.370 e. The van der Waals surface area contributed by atoms with Gasteiger partial charge in [-0.2, -0.15) is 0 Å². The van der Waals surface area contributed by atoms with Crippen molar-refractivity contribution in [1.29, 1.82) is 0 Å². The van der Waals surface area contributed by atoms with Gasteiger partial charge in [-0.3, -0.25) is 14.5 Å². The number of carbonyl (C=O) groups excluding carboxylic acids is 2. The zero-order valence-corrected chi connectivity index (χ0v) is 17.1. The van der Waals surface area contributed by atoms with Crippen molar-refractivity contribution in [3.05, 3.63) is 64.7 Å². The second-order valence-electron chi connectivity index (χ2n) is 7.70. The second kappa shape index (κ2) is 8.43. The molecule has 3 rings (SSSR count). The van der Waals surface area contributed by atoms with Gasteiger partial charge in [0.1, 0.15) is 0 Å². The smallest absolute Gasteiger partial charge is 0.238 e. The molecule has 0 bridgehead atoms. The Morgan fingerprint density at radius 1 is 1.21 bits per heavy atom. The predicted octanol–water partition coefficient (Wildman–Crippen LogP) is 4.33. The first kappa shape index (κ1) is 20.5. The summed E-state index contributed by atoms with van der Waals surface area (Å²) in [6.45, 7) is 6.90. The molecule has 1 aliphatic rings. The van der Waals surface area contributed by atoms with Crippen LogP contribution in [0.3, 0.4) is 0 Å². The number of ether oxygens (including phenoxy) is 1. The average molecular weight is 401 g/mol. The van der Waals surface area contributed by atoms with Crippen LogP contribution in [-0.4, -0.2) is 41.8 Å². The van der Waals surface area contributed by atoms with Gasteiger partial charge in [-0.05, 0) is 39.0 Å². The molecule has 0 saturated carbocycles. The van der Waals surface area contributed by atoms with Crippen molar-refractivity contribution in [2.75, 3.05) is 25.0 Å². The quantitative estimate of drug-likeness (QED) is 0.759. The lowest BCUT2D eigenvalue weighted by Crippen LogP contribution is -2.55. The lowest BCUT2D eigenvalue weighted by molar-refractivity contribution is -0.128. The van der Waals surface area contributed by atoms with Gasteiger partial charge in [0.2, 0.25) is 5.91 Å². The summed E-state index contributed by atoms with van der Waals surface area (Å²) in [5, 5.41) is 3.55. The van der Waals surface area contributed by atoms with Crippen LogP contribution >= 0.6 is 11.6 Å². The number of halogens is 1. The summed E-state index contributed by atoms with van der Waals surface area (Å²) in [4.78, 5) is 26.3. The van der Waals surface area contributed by atoms with E-state index in [4.69, 9.17) is 16.3 Å². The van der Waals surface area contributed by atoms with Gasteiger partial charge >= 0.3 is 0 Å². The van der Waals surface area contributed by atoms with E-state index in [0.717, 1.165) is 5.56 Å². The van der Waals surface area contributed by atoms with E-state index in [2.05, 4.69) is 24.1 Å². The molecular formula is C22H25ClN2O3. The summed E-state index contributed by atoms with van der Waals surface area (Å²) in [7, 11) is 0. The molecule has 1 heterocycles. The molecule has 1 atom stereocenters. The number of nitrogens with zero attached hydrogens (tertiary/aromatic N) is 1. The van der Waals surface area contributed by atoms with Crippen molar-refractivity contribution in [2.45, 2.75) is 32.4 Å². The maximum Gasteiger partial charge on any atom is 0.238 e. The summed E-state index contributed by atoms with van der Waals surface area (Å²) in [6.07, 6.45) is -0.185. The maximum atomic E-state index is 12.7. The van der Waals surface area contributed by atoms with E-state index in [1.54, 1.807) is 24.3 Å². The van der Waals surface area contributed by atoms with Crippen LogP contribution in [-0.2, 0) is 9.53 Å². The molecule has 28 heavy (non-hydrogen) atoms. The molecule has 5 nitrogen and oxygen atoms in total. The third kappa shape index (κ3) is 4.79. The fourth-order valence-electron chi connectivity index (χ4n) is 3.29. The van der Waals surface area contributed by atoms with E-state index < -0.39 is 0 Å². The number of benzene rings is 2. The summed E-state index contributed by atoms with van der Waals surface area (Å²) in [5.41, 5.74) is 1.84. The number of morpholine rings is 1. The Labute approximate surface area is 170 Å². The van der Waals surface area contributed by atoms with Gasteiger partial charge in [0.05, 0.1) is 19.3 Å². The van der Waals surface area contributed by atoms with Gasteiger partial charge in [-0.25, -0.2) is 0 Å². The Morgan fingerprint density at radius 2 is 1.96 bits per heavy atom. The van der Waals surface area contributed by atoms with Crippen LogP contribution in [0.15, 0.2) is 48.5 Å². The van der Waals surface area contributed by atoms with E-state index in [0.29, 0.717) is 29.4 Å². The van der Waals surface area contributed by atoms with Crippen molar-refractivity contribution < 1.29 is 14.3 Å². The molecule has 2 aromatic carbocycles. The van der Waals surface area contributed by atoms with Gasteiger partial charge in [0.25, 0.3) is 0 Å². The van der Waals surface area contributed by atoms with Crippen LogP contribution in [0.25, 0.3) is 0 Å². The number of nitrogens with one attached hydrogen (secondary N) is 1. The van der Waals surface area contributed by atoms with Gasteiger partial charge < -0.3 is 10.1 Å². The molecule has 1 fully saturated rings. The monoisotopic (exact) mass is 400 g/mol. The highest BCUT2D eigenvalue weighted by molar-refractivity contribution is 6.31. The number of hydrogen-bond donors (Lipinski definition) is 1. The van der Waals surface area contributed by atoms with Crippen molar-refractivity contribution >= 4 is 29.0 Å². The summed E-state index contributed by atoms with van der Waals surface area (Å²) >= 11 is 6.32. The fourth-order valence-corrected chi connectivity index (χ4v) is 3.55. The highest BCUT2D eigenvalue weighted by atomic mass is 35.5. The second-order valence-corrected chi connectivity index (χ2v) is 8.11. The number of amides is 1. The molecule has 2 aromatic rings. The first-order valence-corrected chi connectivity index (χ1v) is 9.66. The number of anilines is 1. The van der Waals surface area contributed by atoms with Crippen LogP contribution in [0.4, 0.5) is 5.69 Å². The number of carbonyl (C=O) groups is 2. The number of Topliss-reactive ketones (excluding diaryl/α,β-unsaturated/α-hetero) is 1. The number of hydrogen-bond acceptors (Lipinski definition) is 4. The van der Waals surface area contributed by atoms with Crippen molar-refractivity contribution in [2.24, 2.45) is 0 Å². The molecule has 0 aliphatic carbocycles. The summed E-state index contributed by atoms with van der Waals surface area (Å²) < 4.78 is 6.04. The highest BCUT2D eigenvalue weighted by Gasteiger charge is 2.37. The summed E-state index contributed by atoms with van der Waals surface area (Å²) in [6, 6.07) is 14.6. The van der Waals surface area contributed by atoms with Crippen LogP contribution in [0.2, 0.25) is 5.02 Å². The normalized spacial score (nSPS) is 19.2. The van der Waals surface area contributed by atoms with Gasteiger partial charge in [0, 0.05) is 33.9 Å². The third-order valence-electron chi connectivity index (χ3n) is 5.02. The topological polar surface area (TPSA) is 58.6 Å². The van der Waals surface area contributed by atoms with Crippen LogP contribution < -0.4 is 5.32 Å². The van der Waals surface area contributed by atoms with Crippen LogP contribution in [0.1, 0.15) is 42.8 Å². The summed E-state index contributed by atoms with van der Waals surface area (Å²) in [5.74, 6) is -0.165. The van der Waals surface area contributed by atoms with E-state index in [-0.39, 0.29) is 29.9 Å². The zero-order valence-electron chi connectivity index (χ0n) is 16.4. The molecule has 1 saturated heterocycles. The number of rotatable bonds is 5. The first-order valence-electron chi connectivity index (χ1n) is 9.28. The average Bonchev–Trinajstić information content (AvgIpc) is 2.64. The predicted molar refractivity (Wildman–Crippen MR) is 111 cm³/mol. The minimum atomic E-state index is -0.281. The molecule has 148 valence electrons. The molecule has 1 amide bonds. The van der Waals surface area contributed by atoms with Gasteiger partial charge in [0.15, 0.2) is 5.78 Å². The van der Waals surface area contributed by atoms with Crippen LogP contribution in [0.5, 0.6) is 0 Å². The Kier molecular flexibility index (Phi) is 6.18. The third-order valence-corrected chi connectivity index (χ3v) is 5.36. The SMILES string of the molecule is CC(=O)c1cccc(NC(=O)CN2CC(c3ccccc3Cl)OCC2(C)C)c1. The van der Waals surface area contributed by atoms with E-state index in [1.165, 1.54) is 6.92 Å². The number of ketones is 1. The lowest BCUT2D eigenvalue weighted by Gasteiger charge is -2.45. The van der Waals surface area contributed by atoms with Gasteiger partial charge in [-0.1, -0.05) is 41.9 Å². The lowest BCUT2D eigenvalue weighted by atomic mass is 9.98. The largest absolute Gasteiger partial charge is 0.370 e. The Morgan fingerprint density at radius 3 is 2.68 bits per heavy atom. The minimum absolute atomic E-state index is 0.0343. The highest BCUT2D eigenvalue weighted by Crippen LogP contribution is 2.33. The first-order chi connectivity index (χ1) is 13.3. The molecule has 0 aromatic heterocycles. The molecule has 6 heteroatoms. The van der Waals surface area contributed by atoms with E-state index in [1.807, 2.05) is 24.3 Å². The zero-order chi connectivity index (χ0) is 20.3. The fraction of sp³-hybridized carbons (Fsp3) is 0.364. The Bertz CT molecular complexity index is 882. The van der Waals surface area contributed by atoms with Crippen LogP contribution in [0, 0.1) is 0 Å². The van der Waals surface area contributed by atoms with Crippen molar-refractivity contribution in [1.82, 2.24) is 4.90 Å². The van der Waals surface area contributed by atoms with E-state index >= 15 is 0 Å². The molecule has 1 unspecified atom stereocenters. The van der Waals surface area contributed by atoms with Gasteiger partial charge in [-0.15, -0.1) is 0 Å². The molecular weight excluding hydrogens is 376 g/mol. The van der Waals surface area contributed by atoms with Crippen molar-refractivity contribution in [3.8, 4) is 0 Å².